The third-order valence-electron chi connectivity index (χ3n) is 4.63. The van der Waals surface area contributed by atoms with Crippen molar-refractivity contribution in [1.29, 1.82) is 0 Å². The maximum absolute atomic E-state index is 12.8. The molecule has 0 spiro atoms. The van der Waals surface area contributed by atoms with Gasteiger partial charge in [0.1, 0.15) is 0 Å². The van der Waals surface area contributed by atoms with Crippen molar-refractivity contribution >= 4 is 17.6 Å². The van der Waals surface area contributed by atoms with Crippen LogP contribution < -0.4 is 10.6 Å². The van der Waals surface area contributed by atoms with Gasteiger partial charge in [-0.25, -0.2) is 8.78 Å². The summed E-state index contributed by atoms with van der Waals surface area (Å²) in [6.07, 6.45) is -0.533. The van der Waals surface area contributed by atoms with Crippen molar-refractivity contribution in [2.24, 2.45) is 11.8 Å². The summed E-state index contributed by atoms with van der Waals surface area (Å²) in [6, 6.07) is 8.81. The Hall–Kier alpha value is -2.31. The Balaban J connectivity index is 1.61. The number of nitrogens with one attached hydrogen (secondary N) is 2. The van der Waals surface area contributed by atoms with E-state index < -0.39 is 29.4 Å². The first kappa shape index (κ1) is 16.5. The van der Waals surface area contributed by atoms with Crippen LogP contribution in [0.15, 0.2) is 30.3 Å². The third kappa shape index (κ3) is 3.29. The van der Waals surface area contributed by atoms with Crippen molar-refractivity contribution < 1.29 is 23.2 Å². The maximum atomic E-state index is 12.8. The van der Waals surface area contributed by atoms with E-state index in [1.54, 1.807) is 30.3 Å². The van der Waals surface area contributed by atoms with Crippen molar-refractivity contribution in [2.75, 3.05) is 13.1 Å². The Morgan fingerprint density at radius 1 is 1.21 bits per heavy atom. The average molecular weight is 336 g/mol. The summed E-state index contributed by atoms with van der Waals surface area (Å²) in [6.45, 7) is 0.163. The number of carbonyl (C=O) groups excluding carboxylic acids is 3. The summed E-state index contributed by atoms with van der Waals surface area (Å²) in [5.41, 5.74) is 0.678. The molecule has 5 nitrogen and oxygen atoms in total. The number of rotatable bonds is 5. The van der Waals surface area contributed by atoms with E-state index in [0.717, 1.165) is 0 Å². The predicted octanol–water partition coefficient (Wildman–Crippen LogP) is 1.25. The van der Waals surface area contributed by atoms with E-state index in [0.29, 0.717) is 5.56 Å². The molecule has 1 aliphatic heterocycles. The zero-order valence-electron chi connectivity index (χ0n) is 12.9. The van der Waals surface area contributed by atoms with Gasteiger partial charge in [0.25, 0.3) is 5.91 Å². The summed E-state index contributed by atoms with van der Waals surface area (Å²) in [5, 5.41) is 5.04. The maximum Gasteiger partial charge on any atom is 0.287 e. The number of benzene rings is 1. The van der Waals surface area contributed by atoms with Gasteiger partial charge in [-0.15, -0.1) is 0 Å². The highest BCUT2D eigenvalue weighted by Gasteiger charge is 2.46. The smallest absolute Gasteiger partial charge is 0.287 e. The second kappa shape index (κ2) is 6.30. The number of halogens is 2. The molecule has 1 aromatic carbocycles. The molecule has 2 aliphatic rings. The highest BCUT2D eigenvalue weighted by Crippen LogP contribution is 2.41. The Labute approximate surface area is 137 Å². The van der Waals surface area contributed by atoms with Gasteiger partial charge in [-0.1, -0.05) is 30.3 Å². The minimum atomic E-state index is -2.65. The predicted molar refractivity (Wildman–Crippen MR) is 81.4 cm³/mol. The van der Waals surface area contributed by atoms with Crippen molar-refractivity contribution in [3.63, 3.8) is 0 Å². The minimum Gasteiger partial charge on any atom is -0.355 e. The Bertz CT molecular complexity index is 655. The molecular formula is C17H18F2N2O3. The molecule has 3 rings (SSSR count). The van der Waals surface area contributed by atoms with Crippen LogP contribution in [-0.2, 0) is 14.4 Å². The lowest BCUT2D eigenvalue weighted by Gasteiger charge is -2.34. The Morgan fingerprint density at radius 2 is 1.88 bits per heavy atom. The van der Waals surface area contributed by atoms with Crippen LogP contribution in [0.3, 0.4) is 0 Å². The molecular weight excluding hydrogens is 318 g/mol. The van der Waals surface area contributed by atoms with Crippen LogP contribution in [0, 0.1) is 11.8 Å². The summed E-state index contributed by atoms with van der Waals surface area (Å²) in [7, 11) is 0. The molecule has 0 unspecified atom stereocenters. The second-order valence-corrected chi connectivity index (χ2v) is 6.44. The zero-order chi connectivity index (χ0) is 17.3. The molecule has 7 heteroatoms. The van der Waals surface area contributed by atoms with Gasteiger partial charge in [-0.3, -0.25) is 14.4 Å². The molecule has 0 bridgehead atoms. The molecule has 2 amide bonds. The lowest BCUT2D eigenvalue weighted by atomic mass is 9.81. The van der Waals surface area contributed by atoms with Gasteiger partial charge in [-0.2, -0.15) is 0 Å². The quantitative estimate of drug-likeness (QED) is 0.795. The van der Waals surface area contributed by atoms with Crippen molar-refractivity contribution in [3.8, 4) is 0 Å². The third-order valence-corrected chi connectivity index (χ3v) is 4.63. The SMILES string of the molecule is O=C(NCC1CC(F)(F)C1)C(=O)[C@H]1CNC(=O)[C@@H]1c1ccccc1. The van der Waals surface area contributed by atoms with Crippen LogP contribution >= 0.6 is 0 Å². The van der Waals surface area contributed by atoms with E-state index in [2.05, 4.69) is 10.6 Å². The van der Waals surface area contributed by atoms with E-state index in [4.69, 9.17) is 0 Å². The number of amides is 2. The van der Waals surface area contributed by atoms with Crippen molar-refractivity contribution in [3.05, 3.63) is 35.9 Å². The minimum absolute atomic E-state index is 0.0598. The second-order valence-electron chi connectivity index (χ2n) is 6.44. The van der Waals surface area contributed by atoms with E-state index in [9.17, 15) is 23.2 Å². The van der Waals surface area contributed by atoms with Crippen molar-refractivity contribution in [1.82, 2.24) is 10.6 Å². The Kier molecular flexibility index (Phi) is 4.34. The topological polar surface area (TPSA) is 75.3 Å². The molecule has 2 N–H and O–H groups in total. The monoisotopic (exact) mass is 336 g/mol. The largest absolute Gasteiger partial charge is 0.355 e. The molecule has 1 saturated heterocycles. The molecule has 1 aliphatic carbocycles. The molecule has 1 saturated carbocycles. The number of carbonyl (C=O) groups is 3. The molecule has 1 heterocycles. The summed E-state index contributed by atoms with van der Waals surface area (Å²) >= 11 is 0. The van der Waals surface area contributed by atoms with E-state index in [1.807, 2.05) is 0 Å². The van der Waals surface area contributed by atoms with Gasteiger partial charge in [0, 0.05) is 25.9 Å². The van der Waals surface area contributed by atoms with E-state index >= 15 is 0 Å². The summed E-state index contributed by atoms with van der Waals surface area (Å²) < 4.78 is 25.5. The fourth-order valence-electron chi connectivity index (χ4n) is 3.33. The van der Waals surface area contributed by atoms with Crippen LogP contribution in [0.1, 0.15) is 24.3 Å². The fraction of sp³-hybridized carbons (Fsp3) is 0.471. The average Bonchev–Trinajstić information content (AvgIpc) is 2.92. The normalized spacial score (nSPS) is 25.7. The van der Waals surface area contributed by atoms with Crippen LogP contribution in [0.4, 0.5) is 8.78 Å². The highest BCUT2D eigenvalue weighted by molar-refractivity contribution is 6.38. The molecule has 0 aromatic heterocycles. The lowest BCUT2D eigenvalue weighted by molar-refractivity contribution is -0.142. The van der Waals surface area contributed by atoms with E-state index in [-0.39, 0.29) is 37.8 Å². The van der Waals surface area contributed by atoms with Crippen molar-refractivity contribution in [2.45, 2.75) is 24.7 Å². The van der Waals surface area contributed by atoms with Gasteiger partial charge >= 0.3 is 0 Å². The zero-order valence-corrected chi connectivity index (χ0v) is 12.9. The molecule has 0 radical (unpaired) electrons. The lowest BCUT2D eigenvalue weighted by Crippen LogP contribution is -2.45. The molecule has 1 aromatic rings. The fourth-order valence-corrected chi connectivity index (χ4v) is 3.33. The van der Waals surface area contributed by atoms with Gasteiger partial charge < -0.3 is 10.6 Å². The number of hydrogen-bond acceptors (Lipinski definition) is 3. The van der Waals surface area contributed by atoms with E-state index in [1.165, 1.54) is 0 Å². The van der Waals surface area contributed by atoms with Crippen LogP contribution in [0.25, 0.3) is 0 Å². The van der Waals surface area contributed by atoms with Gasteiger partial charge in [0.15, 0.2) is 0 Å². The Morgan fingerprint density at radius 3 is 2.50 bits per heavy atom. The van der Waals surface area contributed by atoms with Crippen LogP contribution in [0.5, 0.6) is 0 Å². The van der Waals surface area contributed by atoms with Gasteiger partial charge in [-0.05, 0) is 11.5 Å². The number of hydrogen-bond donors (Lipinski definition) is 2. The van der Waals surface area contributed by atoms with Crippen LogP contribution in [0.2, 0.25) is 0 Å². The first-order valence-electron chi connectivity index (χ1n) is 7.90. The first-order chi connectivity index (χ1) is 11.4. The standard InChI is InChI=1S/C17H18F2N2O3/c18-17(19)6-10(7-17)8-20-16(24)14(22)12-9-21-15(23)13(12)11-4-2-1-3-5-11/h1-5,10,12-13H,6-9H2,(H,20,24)(H,21,23)/t12-,13+/m0/s1. The van der Waals surface area contributed by atoms with Gasteiger partial charge in [0.05, 0.1) is 11.8 Å². The molecule has 128 valence electrons. The number of ketones is 1. The van der Waals surface area contributed by atoms with Crippen LogP contribution in [-0.4, -0.2) is 36.6 Å². The molecule has 24 heavy (non-hydrogen) atoms. The van der Waals surface area contributed by atoms with Gasteiger partial charge in [0.2, 0.25) is 17.6 Å². The summed E-state index contributed by atoms with van der Waals surface area (Å²) in [4.78, 5) is 36.4. The first-order valence-corrected chi connectivity index (χ1v) is 7.90. The highest BCUT2D eigenvalue weighted by atomic mass is 19.3. The molecule has 2 atom stereocenters. The number of Topliss-reactive ketones (excluding diaryl/α,β-unsaturated/α-hetero) is 1. The summed E-state index contributed by atoms with van der Waals surface area (Å²) in [5.74, 6) is -6.21. The molecule has 2 fully saturated rings. The number of alkyl halides is 2.